The monoisotopic (exact) mass is 332 g/mol. The summed E-state index contributed by atoms with van der Waals surface area (Å²) in [4.78, 5) is 23.3. The molecule has 1 aromatic carbocycles. The van der Waals surface area contributed by atoms with E-state index >= 15 is 0 Å². The number of anilines is 1. The molecule has 9 heteroatoms. The molecule has 1 heterocycles. The number of carbonyl (C=O) groups excluding carboxylic acids is 2. The van der Waals surface area contributed by atoms with Gasteiger partial charge >= 0.3 is 11.9 Å². The van der Waals surface area contributed by atoms with Crippen molar-refractivity contribution in [3.05, 3.63) is 42.6 Å². The first kappa shape index (κ1) is 17.0. The van der Waals surface area contributed by atoms with Crippen LogP contribution in [0.5, 0.6) is 5.75 Å². The lowest BCUT2D eigenvalue weighted by Gasteiger charge is -2.14. The normalized spacial score (nSPS) is 10.9. The van der Waals surface area contributed by atoms with Gasteiger partial charge in [0.25, 0.3) is 0 Å². The fourth-order valence-corrected chi connectivity index (χ4v) is 1.87. The molecule has 0 unspecified atom stereocenters. The quantitative estimate of drug-likeness (QED) is 0.615. The smallest absolute Gasteiger partial charge is 0.354 e. The van der Waals surface area contributed by atoms with E-state index in [2.05, 4.69) is 25.0 Å². The van der Waals surface area contributed by atoms with E-state index in [9.17, 15) is 9.59 Å². The minimum Gasteiger partial charge on any atom is -0.495 e. The summed E-state index contributed by atoms with van der Waals surface area (Å²) < 4.78 is 16.1. The van der Waals surface area contributed by atoms with Gasteiger partial charge < -0.3 is 19.5 Å². The van der Waals surface area contributed by atoms with E-state index in [1.54, 1.807) is 22.8 Å². The van der Waals surface area contributed by atoms with Crippen molar-refractivity contribution >= 4 is 17.6 Å². The molecule has 0 aliphatic carbocycles. The molecule has 2 aromatic rings. The zero-order valence-corrected chi connectivity index (χ0v) is 13.3. The third-order valence-electron chi connectivity index (χ3n) is 3.04. The van der Waals surface area contributed by atoms with E-state index < -0.39 is 11.9 Å². The van der Waals surface area contributed by atoms with Crippen LogP contribution in [0, 0.1) is 0 Å². The molecule has 0 amide bonds. The van der Waals surface area contributed by atoms with Crippen molar-refractivity contribution in [2.24, 2.45) is 0 Å². The maximum Gasteiger partial charge on any atom is 0.354 e. The number of hydrogen-bond donors (Lipinski definition) is 1. The Morgan fingerprint density at radius 2 is 1.83 bits per heavy atom. The molecule has 0 aliphatic rings. The van der Waals surface area contributed by atoms with Gasteiger partial charge in [-0.25, -0.2) is 9.59 Å². The average Bonchev–Trinajstić information content (AvgIpc) is 3.14. The Kier molecular flexibility index (Phi) is 5.50. The number of aromatic nitrogens is 3. The Hall–Kier alpha value is -3.36. The first-order chi connectivity index (χ1) is 11.6. The van der Waals surface area contributed by atoms with Crippen molar-refractivity contribution in [2.75, 3.05) is 26.6 Å². The number of methoxy groups -OCH3 is 3. The summed E-state index contributed by atoms with van der Waals surface area (Å²) in [6, 6.07) is 5.19. The third-order valence-corrected chi connectivity index (χ3v) is 3.04. The number of esters is 2. The van der Waals surface area contributed by atoms with Gasteiger partial charge in [-0.1, -0.05) is 0 Å². The molecule has 0 saturated carbocycles. The van der Waals surface area contributed by atoms with Crippen molar-refractivity contribution in [1.82, 2.24) is 14.8 Å². The Bertz CT molecular complexity index is 755. The molecule has 0 radical (unpaired) electrons. The molecule has 126 valence electrons. The van der Waals surface area contributed by atoms with E-state index in [1.165, 1.54) is 34.0 Å². The molecule has 0 spiro atoms. The third kappa shape index (κ3) is 3.88. The first-order valence-corrected chi connectivity index (χ1v) is 6.77. The summed E-state index contributed by atoms with van der Waals surface area (Å²) in [7, 11) is 3.90. The highest BCUT2D eigenvalue weighted by Gasteiger charge is 2.15. The molecule has 1 aromatic heterocycles. The van der Waals surface area contributed by atoms with Gasteiger partial charge in [0.2, 0.25) is 0 Å². The molecule has 0 fully saturated rings. The van der Waals surface area contributed by atoms with Crippen LogP contribution in [0.1, 0.15) is 0 Å². The van der Waals surface area contributed by atoms with Crippen molar-refractivity contribution in [2.45, 2.75) is 0 Å². The van der Waals surface area contributed by atoms with Crippen LogP contribution < -0.4 is 10.1 Å². The zero-order valence-electron chi connectivity index (χ0n) is 13.3. The first-order valence-electron chi connectivity index (χ1n) is 6.77. The fraction of sp³-hybridized carbons (Fsp3) is 0.200. The maximum atomic E-state index is 11.9. The Morgan fingerprint density at radius 1 is 1.12 bits per heavy atom. The minimum absolute atomic E-state index is 0.0939. The molecule has 2 rings (SSSR count). The lowest BCUT2D eigenvalue weighted by atomic mass is 10.2. The standard InChI is InChI=1S/C15H16N4O5/c1-22-13-5-4-10(19-8-16-17-9-19)6-11(13)18-12(15(21)24-3)7-14(20)23-2/h4-9,18H,1-3H3/b12-7+. The molecule has 0 bridgehead atoms. The van der Waals surface area contributed by atoms with E-state index in [0.717, 1.165) is 11.8 Å². The number of carbonyl (C=O) groups is 2. The summed E-state index contributed by atoms with van der Waals surface area (Å²) >= 11 is 0. The van der Waals surface area contributed by atoms with Gasteiger partial charge in [0.1, 0.15) is 24.1 Å². The molecule has 0 atom stereocenters. The van der Waals surface area contributed by atoms with E-state index in [0.29, 0.717) is 11.4 Å². The Labute approximate surface area is 137 Å². The van der Waals surface area contributed by atoms with E-state index in [1.807, 2.05) is 0 Å². The highest BCUT2D eigenvalue weighted by molar-refractivity contribution is 5.99. The number of nitrogens with zero attached hydrogens (tertiary/aromatic N) is 3. The van der Waals surface area contributed by atoms with Crippen molar-refractivity contribution < 1.29 is 23.8 Å². The van der Waals surface area contributed by atoms with Crippen LogP contribution in [0.2, 0.25) is 0 Å². The minimum atomic E-state index is -0.725. The second kappa shape index (κ2) is 7.77. The Morgan fingerprint density at radius 3 is 2.42 bits per heavy atom. The van der Waals surface area contributed by atoms with Gasteiger partial charge in [0.15, 0.2) is 0 Å². The van der Waals surface area contributed by atoms with E-state index in [-0.39, 0.29) is 5.70 Å². The topological polar surface area (TPSA) is 105 Å². The van der Waals surface area contributed by atoms with Crippen LogP contribution in [0.25, 0.3) is 5.69 Å². The second-order valence-corrected chi connectivity index (χ2v) is 4.45. The fourth-order valence-electron chi connectivity index (χ4n) is 1.87. The highest BCUT2D eigenvalue weighted by atomic mass is 16.5. The molecule has 0 saturated heterocycles. The maximum absolute atomic E-state index is 11.9. The average molecular weight is 332 g/mol. The molecule has 24 heavy (non-hydrogen) atoms. The zero-order chi connectivity index (χ0) is 17.5. The van der Waals surface area contributed by atoms with E-state index in [4.69, 9.17) is 4.74 Å². The van der Waals surface area contributed by atoms with Crippen LogP contribution in [0.15, 0.2) is 42.6 Å². The van der Waals surface area contributed by atoms with Crippen LogP contribution in [-0.4, -0.2) is 48.0 Å². The van der Waals surface area contributed by atoms with Crippen molar-refractivity contribution in [3.8, 4) is 11.4 Å². The van der Waals surface area contributed by atoms with Crippen molar-refractivity contribution in [3.63, 3.8) is 0 Å². The lowest BCUT2D eigenvalue weighted by molar-refractivity contribution is -0.138. The molecular formula is C15H16N4O5. The number of benzene rings is 1. The van der Waals surface area contributed by atoms with Crippen LogP contribution in [-0.2, 0) is 19.1 Å². The Balaban J connectivity index is 2.41. The van der Waals surface area contributed by atoms with Crippen LogP contribution >= 0.6 is 0 Å². The van der Waals surface area contributed by atoms with Crippen LogP contribution in [0.4, 0.5) is 5.69 Å². The number of nitrogens with one attached hydrogen (secondary N) is 1. The molecular weight excluding hydrogens is 316 g/mol. The number of rotatable bonds is 6. The SMILES string of the molecule is COC(=O)/C=C(/Nc1cc(-n2cnnc2)ccc1OC)C(=O)OC. The van der Waals surface area contributed by atoms with Crippen LogP contribution in [0.3, 0.4) is 0 Å². The van der Waals surface area contributed by atoms with Gasteiger partial charge in [-0.2, -0.15) is 0 Å². The van der Waals surface area contributed by atoms with Gasteiger partial charge in [-0.05, 0) is 18.2 Å². The molecule has 1 N–H and O–H groups in total. The predicted octanol–water partition coefficient (Wildman–Crippen LogP) is 0.918. The predicted molar refractivity (Wildman–Crippen MR) is 83.6 cm³/mol. The number of ether oxygens (including phenoxy) is 3. The molecule has 9 nitrogen and oxygen atoms in total. The summed E-state index contributed by atoms with van der Waals surface area (Å²) in [5.74, 6) is -0.958. The lowest BCUT2D eigenvalue weighted by Crippen LogP contribution is -2.16. The number of hydrogen-bond acceptors (Lipinski definition) is 8. The van der Waals surface area contributed by atoms with Gasteiger partial charge in [0, 0.05) is 0 Å². The summed E-state index contributed by atoms with van der Waals surface area (Å²) in [6.07, 6.45) is 4.05. The summed E-state index contributed by atoms with van der Waals surface area (Å²) in [5.41, 5.74) is 1.08. The summed E-state index contributed by atoms with van der Waals surface area (Å²) in [6.45, 7) is 0. The highest BCUT2D eigenvalue weighted by Crippen LogP contribution is 2.28. The van der Waals surface area contributed by atoms with Gasteiger partial charge in [-0.3, -0.25) is 4.57 Å². The van der Waals surface area contributed by atoms with Gasteiger partial charge in [0.05, 0.1) is 38.8 Å². The van der Waals surface area contributed by atoms with Gasteiger partial charge in [-0.15, -0.1) is 10.2 Å². The second-order valence-electron chi connectivity index (χ2n) is 4.45. The molecule has 0 aliphatic heterocycles. The van der Waals surface area contributed by atoms with Crippen molar-refractivity contribution in [1.29, 1.82) is 0 Å². The summed E-state index contributed by atoms with van der Waals surface area (Å²) in [5, 5.41) is 10.3. The largest absolute Gasteiger partial charge is 0.495 e.